The van der Waals surface area contributed by atoms with Gasteiger partial charge in [0.2, 0.25) is 0 Å². The van der Waals surface area contributed by atoms with E-state index < -0.39 is 0 Å². The van der Waals surface area contributed by atoms with Gasteiger partial charge >= 0.3 is 0 Å². The highest BCUT2D eigenvalue weighted by Gasteiger charge is 2.25. The van der Waals surface area contributed by atoms with E-state index >= 15 is 0 Å². The highest BCUT2D eigenvalue weighted by Crippen LogP contribution is 2.34. The molecule has 1 saturated heterocycles. The Morgan fingerprint density at radius 3 is 3.10 bits per heavy atom. The van der Waals surface area contributed by atoms with E-state index in [0.717, 1.165) is 12.1 Å². The molecule has 2 atom stereocenters. The van der Waals surface area contributed by atoms with Crippen molar-refractivity contribution in [1.29, 1.82) is 0 Å². The van der Waals surface area contributed by atoms with Crippen LogP contribution in [-0.4, -0.2) is 34.0 Å². The molecule has 0 aliphatic carbocycles. The number of pyridine rings is 1. The average Bonchev–Trinajstić information content (AvgIpc) is 2.56. The fourth-order valence-electron chi connectivity index (χ4n) is 2.74. The van der Waals surface area contributed by atoms with Gasteiger partial charge in [0.1, 0.15) is 0 Å². The molecule has 2 unspecified atom stereocenters. The topological polar surface area (TPSA) is 24.9 Å². The second kappa shape index (κ2) is 7.52. The van der Waals surface area contributed by atoms with Crippen LogP contribution in [0.15, 0.2) is 36.5 Å². The van der Waals surface area contributed by atoms with E-state index in [1.54, 1.807) is 0 Å². The van der Waals surface area contributed by atoms with Crippen molar-refractivity contribution in [2.45, 2.75) is 24.6 Å². The van der Waals surface area contributed by atoms with E-state index in [1.807, 2.05) is 12.3 Å². The summed E-state index contributed by atoms with van der Waals surface area (Å²) in [6, 6.07) is 11.3. The standard InChI is InChI=1S/C17H22N2S2/c1-2-7-19-17(16-12-20-9-10-21-16)14-6-5-13-4-3-8-18-15(13)11-14/h3-6,8,11,16-17,19H,2,7,9-10,12H2,1H3. The molecule has 1 aromatic heterocycles. The number of nitrogens with one attached hydrogen (secondary N) is 1. The monoisotopic (exact) mass is 318 g/mol. The second-order valence-electron chi connectivity index (χ2n) is 5.37. The van der Waals surface area contributed by atoms with Gasteiger partial charge in [0.05, 0.1) is 5.52 Å². The fourth-order valence-corrected chi connectivity index (χ4v) is 5.61. The maximum Gasteiger partial charge on any atom is 0.0705 e. The molecule has 4 heteroatoms. The summed E-state index contributed by atoms with van der Waals surface area (Å²) >= 11 is 4.20. The maximum absolute atomic E-state index is 4.51. The van der Waals surface area contributed by atoms with Crippen molar-refractivity contribution in [2.24, 2.45) is 0 Å². The maximum atomic E-state index is 4.51. The van der Waals surface area contributed by atoms with Crippen LogP contribution >= 0.6 is 23.5 Å². The minimum atomic E-state index is 0.439. The van der Waals surface area contributed by atoms with Crippen molar-refractivity contribution < 1.29 is 0 Å². The largest absolute Gasteiger partial charge is 0.309 e. The van der Waals surface area contributed by atoms with Crippen LogP contribution < -0.4 is 5.32 Å². The third-order valence-electron chi connectivity index (χ3n) is 3.82. The van der Waals surface area contributed by atoms with E-state index in [-0.39, 0.29) is 0 Å². The first-order valence-corrected chi connectivity index (χ1v) is 9.86. The molecule has 2 heterocycles. The molecule has 0 spiro atoms. The smallest absolute Gasteiger partial charge is 0.0705 e. The van der Waals surface area contributed by atoms with Crippen LogP contribution in [-0.2, 0) is 0 Å². The molecule has 1 N–H and O–H groups in total. The van der Waals surface area contributed by atoms with Crippen molar-refractivity contribution >= 4 is 34.4 Å². The number of hydrogen-bond acceptors (Lipinski definition) is 4. The first kappa shape index (κ1) is 15.2. The molecule has 0 amide bonds. The number of benzene rings is 1. The van der Waals surface area contributed by atoms with E-state index in [1.165, 1.54) is 34.6 Å². The Hall–Kier alpha value is -0.710. The molecule has 1 aliphatic heterocycles. The average molecular weight is 319 g/mol. The first-order chi connectivity index (χ1) is 10.4. The van der Waals surface area contributed by atoms with Gasteiger partial charge < -0.3 is 5.32 Å². The zero-order valence-electron chi connectivity index (χ0n) is 12.4. The summed E-state index contributed by atoms with van der Waals surface area (Å²) in [5.74, 6) is 3.80. The van der Waals surface area contributed by atoms with Gasteiger partial charge in [-0.25, -0.2) is 0 Å². The second-order valence-corrected chi connectivity index (χ2v) is 7.87. The van der Waals surface area contributed by atoms with Crippen LogP contribution in [0.2, 0.25) is 0 Å². The molecule has 2 nitrogen and oxygen atoms in total. The lowest BCUT2D eigenvalue weighted by Crippen LogP contribution is -2.34. The highest BCUT2D eigenvalue weighted by molar-refractivity contribution is 8.06. The predicted molar refractivity (Wildman–Crippen MR) is 96.3 cm³/mol. The summed E-state index contributed by atoms with van der Waals surface area (Å²) in [7, 11) is 0. The van der Waals surface area contributed by atoms with Gasteiger partial charge in [-0.2, -0.15) is 23.5 Å². The number of nitrogens with zero attached hydrogens (tertiary/aromatic N) is 1. The molecule has 0 saturated carbocycles. The van der Waals surface area contributed by atoms with Gasteiger partial charge in [-0.3, -0.25) is 4.98 Å². The zero-order chi connectivity index (χ0) is 14.5. The van der Waals surface area contributed by atoms with Crippen LogP contribution in [0.4, 0.5) is 0 Å². The molecule has 3 rings (SSSR count). The summed E-state index contributed by atoms with van der Waals surface area (Å²) in [5, 5.41) is 5.64. The number of thioether (sulfide) groups is 2. The minimum Gasteiger partial charge on any atom is -0.309 e. The van der Waals surface area contributed by atoms with Gasteiger partial charge in [-0.1, -0.05) is 25.1 Å². The summed E-state index contributed by atoms with van der Waals surface area (Å²) in [6.07, 6.45) is 3.05. The van der Waals surface area contributed by atoms with E-state index in [4.69, 9.17) is 0 Å². The Morgan fingerprint density at radius 2 is 2.29 bits per heavy atom. The molecule has 1 aromatic carbocycles. The minimum absolute atomic E-state index is 0.439. The van der Waals surface area contributed by atoms with Crippen molar-refractivity contribution in [1.82, 2.24) is 10.3 Å². The molecule has 2 aromatic rings. The quantitative estimate of drug-likeness (QED) is 0.896. The lowest BCUT2D eigenvalue weighted by Gasteiger charge is -2.31. The van der Waals surface area contributed by atoms with Gasteiger partial charge in [0.15, 0.2) is 0 Å². The summed E-state index contributed by atoms with van der Waals surface area (Å²) in [6.45, 7) is 3.31. The molecule has 0 radical (unpaired) electrons. The lowest BCUT2D eigenvalue weighted by molar-refractivity contribution is 0.530. The van der Waals surface area contributed by atoms with E-state index in [9.17, 15) is 0 Å². The van der Waals surface area contributed by atoms with Crippen LogP contribution in [0.5, 0.6) is 0 Å². The van der Waals surface area contributed by atoms with Crippen LogP contribution in [0.25, 0.3) is 10.9 Å². The van der Waals surface area contributed by atoms with E-state index in [2.05, 4.69) is 65.0 Å². The SMILES string of the molecule is CCCNC(c1ccc2cccnc2c1)C1CSCCS1. The van der Waals surface area contributed by atoms with Crippen molar-refractivity contribution in [3.63, 3.8) is 0 Å². The Balaban J connectivity index is 1.88. The summed E-state index contributed by atoms with van der Waals surface area (Å²) in [5.41, 5.74) is 2.49. The summed E-state index contributed by atoms with van der Waals surface area (Å²) < 4.78 is 0. The molecule has 1 aliphatic rings. The van der Waals surface area contributed by atoms with Crippen molar-refractivity contribution in [3.8, 4) is 0 Å². The Kier molecular flexibility index (Phi) is 5.44. The predicted octanol–water partition coefficient (Wildman–Crippen LogP) is 4.12. The normalized spacial score (nSPS) is 20.5. The van der Waals surface area contributed by atoms with Crippen LogP contribution in [0.3, 0.4) is 0 Å². The zero-order valence-corrected chi connectivity index (χ0v) is 14.1. The van der Waals surface area contributed by atoms with Gasteiger partial charge in [-0.05, 0) is 30.7 Å². The molecule has 21 heavy (non-hydrogen) atoms. The number of aromatic nitrogens is 1. The molecular weight excluding hydrogens is 296 g/mol. The number of rotatable bonds is 5. The fraction of sp³-hybridized carbons (Fsp3) is 0.471. The Morgan fingerprint density at radius 1 is 1.33 bits per heavy atom. The van der Waals surface area contributed by atoms with Crippen molar-refractivity contribution in [2.75, 3.05) is 23.8 Å². The number of hydrogen-bond donors (Lipinski definition) is 1. The van der Waals surface area contributed by atoms with Crippen molar-refractivity contribution in [3.05, 3.63) is 42.1 Å². The van der Waals surface area contributed by atoms with Gasteiger partial charge in [0.25, 0.3) is 0 Å². The molecule has 0 bridgehead atoms. The number of fused-ring (bicyclic) bond motifs is 1. The summed E-state index contributed by atoms with van der Waals surface area (Å²) in [4.78, 5) is 4.51. The van der Waals surface area contributed by atoms with Gasteiger partial charge in [-0.15, -0.1) is 0 Å². The molecule has 112 valence electrons. The Bertz CT molecular complexity index is 582. The Labute approximate surface area is 135 Å². The van der Waals surface area contributed by atoms with Gasteiger partial charge in [0, 0.05) is 40.1 Å². The third kappa shape index (κ3) is 3.74. The highest BCUT2D eigenvalue weighted by atomic mass is 32.2. The molecule has 1 fully saturated rings. The van der Waals surface area contributed by atoms with Crippen LogP contribution in [0, 0.1) is 0 Å². The van der Waals surface area contributed by atoms with E-state index in [0.29, 0.717) is 11.3 Å². The lowest BCUT2D eigenvalue weighted by atomic mass is 10.0. The molecular formula is C17H22N2S2. The van der Waals surface area contributed by atoms with Crippen LogP contribution in [0.1, 0.15) is 24.9 Å². The first-order valence-electron chi connectivity index (χ1n) is 7.66. The third-order valence-corrected chi connectivity index (χ3v) is 6.68.